The SMILES string of the molecule is CCCNC(=NCc1ccc([N+](=O)[O-])cc1)NCC(c1ccco1)N1CCCC1. The van der Waals surface area contributed by atoms with Crippen LogP contribution in [-0.4, -0.2) is 42.0 Å². The van der Waals surface area contributed by atoms with Crippen molar-refractivity contribution in [3.8, 4) is 0 Å². The van der Waals surface area contributed by atoms with Crippen LogP contribution in [0.15, 0.2) is 52.1 Å². The summed E-state index contributed by atoms with van der Waals surface area (Å²) in [6, 6.07) is 10.6. The fraction of sp³-hybridized carbons (Fsp3) is 0.476. The number of furan rings is 1. The number of rotatable bonds is 9. The van der Waals surface area contributed by atoms with E-state index in [4.69, 9.17) is 4.42 Å². The standard InChI is InChI=1S/C21H29N5O3/c1-2-11-22-21(23-15-17-7-9-18(10-8-17)26(27)28)24-16-19(20-6-5-14-29-20)25-12-3-4-13-25/h5-10,14,19H,2-4,11-13,15-16H2,1H3,(H2,22,23,24). The summed E-state index contributed by atoms with van der Waals surface area (Å²) in [7, 11) is 0. The van der Waals surface area contributed by atoms with Gasteiger partial charge in [-0.1, -0.05) is 19.1 Å². The fourth-order valence-corrected chi connectivity index (χ4v) is 3.45. The zero-order chi connectivity index (χ0) is 20.5. The van der Waals surface area contributed by atoms with Crippen molar-refractivity contribution in [2.75, 3.05) is 26.2 Å². The average Bonchev–Trinajstić information content (AvgIpc) is 3.44. The Hall–Kier alpha value is -2.87. The van der Waals surface area contributed by atoms with Gasteiger partial charge in [0.1, 0.15) is 5.76 Å². The molecule has 1 aromatic heterocycles. The quantitative estimate of drug-likeness (QED) is 0.290. The second kappa shape index (κ2) is 10.6. The highest BCUT2D eigenvalue weighted by molar-refractivity contribution is 5.79. The molecule has 1 aliphatic rings. The molecule has 8 nitrogen and oxygen atoms in total. The van der Waals surface area contributed by atoms with E-state index < -0.39 is 4.92 Å². The molecule has 1 aliphatic heterocycles. The maximum atomic E-state index is 10.8. The number of hydrogen-bond donors (Lipinski definition) is 2. The van der Waals surface area contributed by atoms with Crippen LogP contribution in [0.5, 0.6) is 0 Å². The smallest absolute Gasteiger partial charge is 0.269 e. The molecule has 0 radical (unpaired) electrons. The van der Waals surface area contributed by atoms with Gasteiger partial charge in [-0.2, -0.15) is 0 Å². The first-order valence-corrected chi connectivity index (χ1v) is 10.2. The van der Waals surface area contributed by atoms with Gasteiger partial charge in [0, 0.05) is 25.2 Å². The number of aliphatic imine (C=N–C) groups is 1. The summed E-state index contributed by atoms with van der Waals surface area (Å²) < 4.78 is 5.68. The van der Waals surface area contributed by atoms with Crippen molar-refractivity contribution < 1.29 is 9.34 Å². The van der Waals surface area contributed by atoms with Gasteiger partial charge in [-0.15, -0.1) is 0 Å². The largest absolute Gasteiger partial charge is 0.468 e. The molecule has 1 saturated heterocycles. The van der Waals surface area contributed by atoms with Crippen LogP contribution in [-0.2, 0) is 6.54 Å². The van der Waals surface area contributed by atoms with E-state index in [9.17, 15) is 10.1 Å². The first kappa shape index (κ1) is 20.9. The van der Waals surface area contributed by atoms with Crippen molar-refractivity contribution in [2.45, 2.75) is 38.8 Å². The fourth-order valence-electron chi connectivity index (χ4n) is 3.45. The molecule has 2 heterocycles. The molecule has 0 aliphatic carbocycles. The number of guanidine groups is 1. The molecule has 3 rings (SSSR count). The monoisotopic (exact) mass is 399 g/mol. The second-order valence-electron chi connectivity index (χ2n) is 7.17. The lowest BCUT2D eigenvalue weighted by molar-refractivity contribution is -0.384. The molecule has 0 amide bonds. The van der Waals surface area contributed by atoms with Gasteiger partial charge in [-0.3, -0.25) is 15.0 Å². The van der Waals surface area contributed by atoms with Crippen molar-refractivity contribution in [2.24, 2.45) is 4.99 Å². The van der Waals surface area contributed by atoms with Crippen LogP contribution in [0.2, 0.25) is 0 Å². The van der Waals surface area contributed by atoms with Gasteiger partial charge in [0.2, 0.25) is 0 Å². The van der Waals surface area contributed by atoms with E-state index in [0.717, 1.165) is 43.3 Å². The molecular formula is C21H29N5O3. The Morgan fingerprint density at radius 2 is 2.00 bits per heavy atom. The highest BCUT2D eigenvalue weighted by Gasteiger charge is 2.25. The van der Waals surface area contributed by atoms with Gasteiger partial charge < -0.3 is 15.1 Å². The molecule has 0 spiro atoms. The predicted octanol–water partition coefficient (Wildman–Crippen LogP) is 3.47. The number of benzene rings is 1. The minimum absolute atomic E-state index is 0.0899. The summed E-state index contributed by atoms with van der Waals surface area (Å²) in [5.41, 5.74) is 1.02. The molecule has 156 valence electrons. The predicted molar refractivity (Wildman–Crippen MR) is 113 cm³/mol. The number of non-ortho nitro benzene ring substituents is 1. The number of nitro benzene ring substituents is 1. The minimum atomic E-state index is -0.393. The number of nitrogens with one attached hydrogen (secondary N) is 2. The number of likely N-dealkylation sites (tertiary alicyclic amines) is 1. The zero-order valence-electron chi connectivity index (χ0n) is 16.8. The van der Waals surface area contributed by atoms with Crippen molar-refractivity contribution in [3.63, 3.8) is 0 Å². The number of nitro groups is 1. The van der Waals surface area contributed by atoms with Crippen molar-refractivity contribution in [1.29, 1.82) is 0 Å². The summed E-state index contributed by atoms with van der Waals surface area (Å²) in [6.45, 7) is 6.23. The van der Waals surface area contributed by atoms with Crippen LogP contribution >= 0.6 is 0 Å². The molecule has 1 unspecified atom stereocenters. The molecule has 1 aromatic carbocycles. The maximum Gasteiger partial charge on any atom is 0.269 e. The third-order valence-corrected chi connectivity index (χ3v) is 5.03. The molecule has 29 heavy (non-hydrogen) atoms. The third-order valence-electron chi connectivity index (χ3n) is 5.03. The second-order valence-corrected chi connectivity index (χ2v) is 7.17. The molecular weight excluding hydrogens is 370 g/mol. The van der Waals surface area contributed by atoms with Gasteiger partial charge in [-0.25, -0.2) is 4.99 Å². The number of hydrogen-bond acceptors (Lipinski definition) is 5. The van der Waals surface area contributed by atoms with E-state index >= 15 is 0 Å². The van der Waals surface area contributed by atoms with E-state index in [0.29, 0.717) is 13.1 Å². The van der Waals surface area contributed by atoms with Crippen LogP contribution in [0.4, 0.5) is 5.69 Å². The van der Waals surface area contributed by atoms with Gasteiger partial charge in [0.15, 0.2) is 5.96 Å². The number of nitrogens with zero attached hydrogens (tertiary/aromatic N) is 3. The summed E-state index contributed by atoms with van der Waals surface area (Å²) in [4.78, 5) is 17.5. The van der Waals surface area contributed by atoms with Crippen molar-refractivity contribution in [3.05, 3.63) is 64.1 Å². The lowest BCUT2D eigenvalue weighted by Gasteiger charge is -2.26. The Bertz CT molecular complexity index is 783. The topological polar surface area (TPSA) is 95.9 Å². The van der Waals surface area contributed by atoms with E-state index in [-0.39, 0.29) is 11.7 Å². The normalized spacial score (nSPS) is 16.0. The Morgan fingerprint density at radius 3 is 2.62 bits per heavy atom. The summed E-state index contributed by atoms with van der Waals surface area (Å²) in [6.07, 6.45) is 5.14. The van der Waals surface area contributed by atoms with E-state index in [1.807, 2.05) is 12.1 Å². The third kappa shape index (κ3) is 6.05. The minimum Gasteiger partial charge on any atom is -0.468 e. The summed E-state index contributed by atoms with van der Waals surface area (Å²) in [5.74, 6) is 1.70. The summed E-state index contributed by atoms with van der Waals surface area (Å²) >= 11 is 0. The molecule has 2 aromatic rings. The van der Waals surface area contributed by atoms with Crippen LogP contribution in [0.1, 0.15) is 43.6 Å². The summed E-state index contributed by atoms with van der Waals surface area (Å²) in [5, 5.41) is 17.6. The van der Waals surface area contributed by atoms with E-state index in [1.165, 1.54) is 25.0 Å². The Morgan fingerprint density at radius 1 is 1.24 bits per heavy atom. The van der Waals surface area contributed by atoms with Crippen LogP contribution in [0.25, 0.3) is 0 Å². The molecule has 1 fully saturated rings. The molecule has 1 atom stereocenters. The molecule has 2 N–H and O–H groups in total. The molecule has 0 saturated carbocycles. The van der Waals surface area contributed by atoms with Gasteiger partial charge in [0.05, 0.1) is 23.8 Å². The van der Waals surface area contributed by atoms with Crippen molar-refractivity contribution >= 4 is 11.6 Å². The van der Waals surface area contributed by atoms with Gasteiger partial charge in [0.25, 0.3) is 5.69 Å². The van der Waals surface area contributed by atoms with Gasteiger partial charge >= 0.3 is 0 Å². The zero-order valence-corrected chi connectivity index (χ0v) is 16.8. The Balaban J connectivity index is 1.65. The van der Waals surface area contributed by atoms with Gasteiger partial charge in [-0.05, 0) is 50.0 Å². The van der Waals surface area contributed by atoms with Crippen LogP contribution in [0.3, 0.4) is 0 Å². The molecule has 0 bridgehead atoms. The lowest BCUT2D eigenvalue weighted by Crippen LogP contribution is -2.43. The molecule has 8 heteroatoms. The van der Waals surface area contributed by atoms with E-state index in [1.54, 1.807) is 18.4 Å². The average molecular weight is 399 g/mol. The van der Waals surface area contributed by atoms with E-state index in [2.05, 4.69) is 27.4 Å². The van der Waals surface area contributed by atoms with Crippen LogP contribution < -0.4 is 10.6 Å². The van der Waals surface area contributed by atoms with Crippen LogP contribution in [0, 0.1) is 10.1 Å². The highest BCUT2D eigenvalue weighted by atomic mass is 16.6. The Labute approximate surface area is 171 Å². The maximum absolute atomic E-state index is 10.8. The lowest BCUT2D eigenvalue weighted by atomic mass is 10.2. The van der Waals surface area contributed by atoms with Crippen molar-refractivity contribution in [1.82, 2.24) is 15.5 Å². The highest BCUT2D eigenvalue weighted by Crippen LogP contribution is 2.24. The Kier molecular flexibility index (Phi) is 7.63. The first-order chi connectivity index (χ1) is 14.2. The first-order valence-electron chi connectivity index (χ1n) is 10.2.